The number of Topliss-reactive ketones (excluding diaryl/α,β-unsaturated/α-hetero) is 1. The molecule has 22 heteroatoms. The lowest BCUT2D eigenvalue weighted by molar-refractivity contribution is -0.438. The minimum Gasteiger partial charge on any atom is -0.457 e. The lowest BCUT2D eigenvalue weighted by Gasteiger charge is -2.28. The van der Waals surface area contributed by atoms with Gasteiger partial charge in [-0.1, -0.05) is 167 Å². The van der Waals surface area contributed by atoms with E-state index in [0.29, 0.717) is 144 Å². The molecule has 2 heterocycles. The molecule has 3 aliphatic rings. The predicted octanol–water partition coefficient (Wildman–Crippen LogP) is 13.8. The Morgan fingerprint density at radius 1 is 0.586 bits per heavy atom. The molecule has 2 aliphatic heterocycles. The van der Waals surface area contributed by atoms with Crippen LogP contribution in [0.2, 0.25) is 0 Å². The lowest BCUT2D eigenvalue weighted by atomic mass is 9.77. The number of hydrogen-bond donors (Lipinski definition) is 7. The number of allylic oxidation sites excluding steroid dienone is 8. The van der Waals surface area contributed by atoms with Crippen LogP contribution >= 0.6 is 0 Å². The van der Waals surface area contributed by atoms with E-state index in [2.05, 4.69) is 156 Å². The summed E-state index contributed by atoms with van der Waals surface area (Å²) in [6.45, 7) is 24.0. The van der Waals surface area contributed by atoms with Gasteiger partial charge in [0.25, 0.3) is 20.2 Å². The van der Waals surface area contributed by atoms with Crippen LogP contribution in [0.4, 0.5) is 11.4 Å². The molecule has 111 heavy (non-hydrogen) atoms. The highest BCUT2D eigenvalue weighted by Crippen LogP contribution is 2.49. The molecule has 0 spiro atoms. The Hall–Kier alpha value is -9.16. The minimum absolute atomic E-state index is 0.0104. The van der Waals surface area contributed by atoms with E-state index < -0.39 is 45.3 Å². The highest BCUT2D eigenvalue weighted by atomic mass is 32.2. The van der Waals surface area contributed by atoms with Gasteiger partial charge in [0.1, 0.15) is 18.1 Å². The molecule has 580 valence electrons. The van der Waals surface area contributed by atoms with Crippen LogP contribution < -0.4 is 25.9 Å². The summed E-state index contributed by atoms with van der Waals surface area (Å²) in [5.74, 6) is 0.402. The van der Waals surface area contributed by atoms with Crippen molar-refractivity contribution in [2.45, 2.75) is 149 Å². The van der Waals surface area contributed by atoms with E-state index in [1.807, 2.05) is 72.8 Å². The van der Waals surface area contributed by atoms with E-state index in [-0.39, 0.29) is 36.0 Å². The van der Waals surface area contributed by atoms with Crippen LogP contribution in [-0.2, 0) is 66.8 Å². The van der Waals surface area contributed by atoms with Gasteiger partial charge in [0.05, 0.1) is 16.9 Å². The first kappa shape index (κ1) is 82.8. The number of nitrogens with one attached hydrogen (secondary N) is 1. The number of para-hydroxylation sites is 2. The second kappa shape index (κ2) is 36.5. The Morgan fingerprint density at radius 3 is 1.80 bits per heavy atom. The van der Waals surface area contributed by atoms with Crippen LogP contribution in [0.15, 0.2) is 235 Å². The molecule has 0 radical (unpaired) electrons. The van der Waals surface area contributed by atoms with Crippen molar-refractivity contribution < 1.29 is 64.9 Å². The van der Waals surface area contributed by atoms with Gasteiger partial charge in [0.15, 0.2) is 11.5 Å². The first-order valence-corrected chi connectivity index (χ1v) is 41.7. The fraction of sp³-hybridized carbons (Fsp3) is 0.337. The van der Waals surface area contributed by atoms with Crippen LogP contribution in [-0.4, -0.2) is 136 Å². The van der Waals surface area contributed by atoms with E-state index in [9.17, 15) is 55.6 Å². The maximum Gasteiger partial charge on any atom is 0.488 e. The molecule has 11 rings (SSSR count). The largest absolute Gasteiger partial charge is 0.488 e. The van der Waals surface area contributed by atoms with Crippen LogP contribution in [0.5, 0.6) is 5.75 Å². The van der Waals surface area contributed by atoms with Gasteiger partial charge >= 0.3 is 14.2 Å². The summed E-state index contributed by atoms with van der Waals surface area (Å²) in [7, 11) is -11.7. The maximum absolute atomic E-state index is 13.0. The number of amides is 1. The number of nitrogens with zero attached hydrogens (tertiary/aromatic N) is 4. The predicted molar refractivity (Wildman–Crippen MR) is 448 cm³/mol. The average Bonchev–Trinajstić information content (AvgIpc) is 1.46. The van der Waals surface area contributed by atoms with Crippen molar-refractivity contribution in [1.29, 1.82) is 0 Å². The molecular weight excluding hydrogens is 1430 g/mol. The van der Waals surface area contributed by atoms with Gasteiger partial charge in [0, 0.05) is 98.7 Å². The van der Waals surface area contributed by atoms with E-state index >= 15 is 0 Å². The van der Waals surface area contributed by atoms with Gasteiger partial charge in [-0.05, 0) is 217 Å². The van der Waals surface area contributed by atoms with Gasteiger partial charge in [-0.2, -0.15) is 21.4 Å². The highest BCUT2D eigenvalue weighted by Gasteiger charge is 2.44. The van der Waals surface area contributed by atoms with Gasteiger partial charge in [-0.3, -0.25) is 28.5 Å². The molecule has 1 amide bonds. The van der Waals surface area contributed by atoms with Gasteiger partial charge < -0.3 is 35.0 Å². The summed E-state index contributed by atoms with van der Waals surface area (Å²) >= 11 is 0. The van der Waals surface area contributed by atoms with Crippen molar-refractivity contribution in [3.05, 3.63) is 268 Å². The van der Waals surface area contributed by atoms with Gasteiger partial charge in [0.2, 0.25) is 11.6 Å². The van der Waals surface area contributed by atoms with Crippen LogP contribution in [0.1, 0.15) is 146 Å². The molecule has 0 unspecified atom stereocenters. The van der Waals surface area contributed by atoms with Gasteiger partial charge in [-0.15, -0.1) is 0 Å². The average molecular weight is 1540 g/mol. The van der Waals surface area contributed by atoms with E-state index in [4.69, 9.17) is 4.74 Å². The molecule has 0 saturated heterocycles. The Labute approximate surface area is 655 Å². The summed E-state index contributed by atoms with van der Waals surface area (Å²) in [6, 6.07) is 54.3. The fourth-order valence-electron chi connectivity index (χ4n) is 16.0. The molecule has 0 aromatic heterocycles. The molecule has 8 aromatic carbocycles. The van der Waals surface area contributed by atoms with Crippen molar-refractivity contribution >= 4 is 95.7 Å². The first-order chi connectivity index (χ1) is 53.0. The third kappa shape index (κ3) is 20.6. The zero-order chi connectivity index (χ0) is 79.4. The number of benzene rings is 8. The van der Waals surface area contributed by atoms with Crippen LogP contribution in [0, 0.1) is 0 Å². The smallest absolute Gasteiger partial charge is 0.457 e. The summed E-state index contributed by atoms with van der Waals surface area (Å²) < 4.78 is 76.7. The number of carbonyl (C=O) groups is 2. The Bertz CT molecular complexity index is 5220. The van der Waals surface area contributed by atoms with Crippen molar-refractivity contribution in [3.8, 4) is 16.9 Å². The number of rotatable bonds is 37. The number of anilines is 1. The van der Waals surface area contributed by atoms with Crippen molar-refractivity contribution in [1.82, 2.24) is 15.1 Å². The minimum atomic E-state index is -4.15. The molecule has 0 saturated carbocycles. The van der Waals surface area contributed by atoms with Crippen molar-refractivity contribution in [2.24, 2.45) is 0 Å². The van der Waals surface area contributed by atoms with Crippen molar-refractivity contribution in [2.75, 3.05) is 49.1 Å². The zero-order valence-corrected chi connectivity index (χ0v) is 66.3. The number of carbonyl (C=O) groups excluding carboxylic acids is 2. The molecule has 8 aromatic rings. The zero-order valence-electron chi connectivity index (χ0n) is 64.7. The first-order valence-electron chi connectivity index (χ1n) is 38.5. The number of ketones is 1. The highest BCUT2D eigenvalue weighted by molar-refractivity contribution is 7.86. The topological polar surface area (TPSA) is 258 Å². The quantitative estimate of drug-likeness (QED) is 0.00477. The summed E-state index contributed by atoms with van der Waals surface area (Å²) in [4.78, 5) is 32.6. The third-order valence-electron chi connectivity index (χ3n) is 21.8. The monoisotopic (exact) mass is 1540 g/mol. The molecule has 0 fully saturated rings. The fourth-order valence-corrected chi connectivity index (χ4v) is 17.2. The summed E-state index contributed by atoms with van der Waals surface area (Å²) in [5, 5.41) is 49.9. The maximum atomic E-state index is 13.0. The van der Waals surface area contributed by atoms with E-state index in [1.165, 1.54) is 0 Å². The SMILES string of the molecule is C=C(C)C(=O)CCCCN(Cc1ccccc1B(O)O)Cc1c2ccccc2c(CN(CCCNC(=O)C(=C)C)Cc2ccccc2B(O)O)c2ccc(-c3cccc(OC4=C(/C=C/C5=[N+](CCCCS(=O)(=O)O)c6ccccc6C5(C)C)CCC/C4=C\C=C4\N(CCCCS(=O)(=O)O)c5ccccc5C4(C)C)c3)cc12. The Balaban J connectivity index is 1.06. The second-order valence-electron chi connectivity index (χ2n) is 30.8. The van der Waals surface area contributed by atoms with Crippen LogP contribution in [0.3, 0.4) is 0 Å². The number of unbranched alkanes of at least 4 members (excludes halogenated alkanes) is 3. The van der Waals surface area contributed by atoms with Crippen molar-refractivity contribution in [3.63, 3.8) is 0 Å². The second-order valence-corrected chi connectivity index (χ2v) is 33.9. The normalized spacial score (nSPS) is 15.6. The molecule has 0 bridgehead atoms. The molecule has 18 nitrogen and oxygen atoms in total. The van der Waals surface area contributed by atoms with E-state index in [0.717, 1.165) is 106 Å². The lowest BCUT2D eigenvalue weighted by Crippen LogP contribution is -2.36. The van der Waals surface area contributed by atoms with Gasteiger partial charge in [-0.25, -0.2) is 0 Å². The standard InChI is InChI=1S/C89H103B2N5O13S2/c1-62(2)83(97)42-19-20-50-93(58-68-28-9-15-38-79(68)90(99)100)61-76-72-35-12-11-34-71(72)75(60-94(51-27-49-92-87(98)63(3)4)59-69-29-10-16-39-80(69)91(101)102)73-46-43-67(57-74(73)76)66-32-26-33-70(56-66)109-86-64(44-47-84-88(5,6)77-36-13-17-40-81(77)95(84)52-21-23-54-110(103,104)105)30-25-31-65(86)45-48-85-89(7,8)78-37-14-18-41-82(78)96(85)53-22-24-55-111(106,107)108/h9-18,26,28-29,32-41,43-48,56-57,99-102H,1,3,19-25,27,30-31,42,49-55,58-61H2,2,4-8H3,(H2-,92,98,103,104,105,106,107,108)/p+1. The summed E-state index contributed by atoms with van der Waals surface area (Å²) in [5.41, 5.74) is 14.5. The number of hydrogen-bond acceptors (Lipinski definition) is 14. The molecule has 0 atom stereocenters. The van der Waals surface area contributed by atoms with E-state index in [1.54, 1.807) is 38.1 Å². The molecule has 1 aliphatic carbocycles. The Kier molecular flexibility index (Phi) is 27.3. The third-order valence-corrected chi connectivity index (χ3v) is 23.4. The van der Waals surface area contributed by atoms with Crippen LogP contribution in [0.25, 0.3) is 32.7 Å². The molecular formula is C89H104B2N5O13S2+. The Morgan fingerprint density at radius 2 is 1.16 bits per heavy atom. The summed E-state index contributed by atoms with van der Waals surface area (Å²) in [6.07, 6.45) is 14.7. The number of ether oxygens (including phenoxy) is 1. The number of fused-ring (bicyclic) bond motifs is 4. The molecule has 7 N–H and O–H groups in total.